The summed E-state index contributed by atoms with van der Waals surface area (Å²) in [6.45, 7) is -0.631. The minimum Gasteiger partial charge on any atom is -0.451 e. The van der Waals surface area contributed by atoms with E-state index in [-0.39, 0.29) is 40.9 Å². The molecule has 30 heavy (non-hydrogen) atoms. The number of anilines is 2. The summed E-state index contributed by atoms with van der Waals surface area (Å²) in [5.41, 5.74) is 0.277. The first kappa shape index (κ1) is 20.9. The van der Waals surface area contributed by atoms with Gasteiger partial charge in [0, 0.05) is 24.6 Å². The number of carbonyl (C=O) groups is 3. The molecule has 0 saturated heterocycles. The summed E-state index contributed by atoms with van der Waals surface area (Å²) in [4.78, 5) is 46.6. The second-order valence-electron chi connectivity index (χ2n) is 6.14. The first-order chi connectivity index (χ1) is 14.3. The zero-order valence-electron chi connectivity index (χ0n) is 15.4. The summed E-state index contributed by atoms with van der Waals surface area (Å²) in [5, 5.41) is 18.4. The predicted octanol–water partition coefficient (Wildman–Crippen LogP) is 2.91. The van der Waals surface area contributed by atoms with Crippen molar-refractivity contribution >= 4 is 52.2 Å². The lowest BCUT2D eigenvalue weighted by molar-refractivity contribution is -0.384. The number of hydrogen-bond acceptors (Lipinski definition) is 7. The van der Waals surface area contributed by atoms with Crippen LogP contribution in [0.2, 0.25) is 5.02 Å². The van der Waals surface area contributed by atoms with Gasteiger partial charge in [0.25, 0.3) is 11.6 Å². The summed E-state index contributed by atoms with van der Waals surface area (Å²) in [6.07, 6.45) is 0.162. The molecule has 1 aliphatic heterocycles. The highest BCUT2D eigenvalue weighted by molar-refractivity contribution is 6.38. The van der Waals surface area contributed by atoms with Crippen LogP contribution in [-0.2, 0) is 19.1 Å². The van der Waals surface area contributed by atoms with E-state index < -0.39 is 23.4 Å². The van der Waals surface area contributed by atoms with Crippen LogP contribution in [0.4, 0.5) is 17.1 Å². The van der Waals surface area contributed by atoms with Gasteiger partial charge in [0.1, 0.15) is 10.7 Å². The molecule has 0 atom stereocenters. The molecule has 2 amide bonds. The average molecular weight is 431 g/mol. The predicted molar refractivity (Wildman–Crippen MR) is 108 cm³/mol. The lowest BCUT2D eigenvalue weighted by atomic mass is 10.1. The number of nitro groups is 1. The van der Waals surface area contributed by atoms with Crippen LogP contribution in [0.5, 0.6) is 0 Å². The number of benzene rings is 2. The van der Waals surface area contributed by atoms with E-state index in [0.29, 0.717) is 5.69 Å². The Labute approximate surface area is 175 Å². The zero-order chi connectivity index (χ0) is 21.7. The van der Waals surface area contributed by atoms with Crippen LogP contribution in [0.1, 0.15) is 12.8 Å². The molecule has 0 spiro atoms. The molecule has 1 heterocycles. The third kappa shape index (κ3) is 4.97. The number of ether oxygens (including phenoxy) is 1. The maximum Gasteiger partial charge on any atom is 0.355 e. The Bertz CT molecular complexity index is 1040. The summed E-state index contributed by atoms with van der Waals surface area (Å²) in [6, 6.07) is 12.3. The molecule has 0 fully saturated rings. The van der Waals surface area contributed by atoms with Crippen molar-refractivity contribution in [3.8, 4) is 0 Å². The monoisotopic (exact) mass is 430 g/mol. The number of halogens is 1. The van der Waals surface area contributed by atoms with Crippen LogP contribution < -0.4 is 10.3 Å². The fourth-order valence-electron chi connectivity index (χ4n) is 2.61. The van der Waals surface area contributed by atoms with E-state index in [1.54, 1.807) is 30.3 Å². The van der Waals surface area contributed by atoms with Crippen molar-refractivity contribution in [2.24, 2.45) is 5.10 Å². The molecule has 11 heteroatoms. The van der Waals surface area contributed by atoms with Gasteiger partial charge in [-0.25, -0.2) is 9.80 Å². The molecule has 2 aromatic carbocycles. The van der Waals surface area contributed by atoms with Crippen LogP contribution in [0, 0.1) is 10.1 Å². The number of nitrogens with one attached hydrogen (secondary N) is 1. The number of rotatable bonds is 6. The van der Waals surface area contributed by atoms with E-state index in [2.05, 4.69) is 10.4 Å². The maximum atomic E-state index is 12.2. The van der Waals surface area contributed by atoms with Crippen molar-refractivity contribution in [1.29, 1.82) is 0 Å². The molecule has 154 valence electrons. The van der Waals surface area contributed by atoms with Gasteiger partial charge < -0.3 is 10.1 Å². The van der Waals surface area contributed by atoms with E-state index in [4.69, 9.17) is 16.3 Å². The Morgan fingerprint density at radius 2 is 1.93 bits per heavy atom. The molecule has 0 aliphatic carbocycles. The van der Waals surface area contributed by atoms with Gasteiger partial charge in [-0.3, -0.25) is 19.7 Å². The van der Waals surface area contributed by atoms with Gasteiger partial charge in [-0.05, 0) is 24.3 Å². The molecule has 1 N–H and O–H groups in total. The molecule has 2 aromatic rings. The van der Waals surface area contributed by atoms with Gasteiger partial charge in [0.05, 0.1) is 10.6 Å². The lowest BCUT2D eigenvalue weighted by Crippen LogP contribution is -2.35. The average Bonchev–Trinajstić information content (AvgIpc) is 2.74. The number of hydrazone groups is 1. The van der Waals surface area contributed by atoms with Crippen LogP contribution in [0.15, 0.2) is 53.6 Å². The largest absolute Gasteiger partial charge is 0.451 e. The Morgan fingerprint density at radius 1 is 1.20 bits per heavy atom. The number of hydrogen-bond donors (Lipinski definition) is 1. The van der Waals surface area contributed by atoms with Crippen LogP contribution in [0.25, 0.3) is 0 Å². The van der Waals surface area contributed by atoms with Gasteiger partial charge in [0.2, 0.25) is 5.91 Å². The number of nitro benzene ring substituents is 1. The molecular weight excluding hydrogens is 416 g/mol. The minimum absolute atomic E-state index is 0.00776. The number of carbonyl (C=O) groups excluding carboxylic acids is 3. The third-order valence-corrected chi connectivity index (χ3v) is 4.35. The number of nitrogens with zero attached hydrogens (tertiary/aromatic N) is 3. The zero-order valence-corrected chi connectivity index (χ0v) is 16.2. The molecule has 0 radical (unpaired) electrons. The molecule has 1 aliphatic rings. The quantitative estimate of drug-likeness (QED) is 0.426. The van der Waals surface area contributed by atoms with Crippen molar-refractivity contribution in [2.75, 3.05) is 16.9 Å². The van der Waals surface area contributed by atoms with Crippen LogP contribution in [0.3, 0.4) is 0 Å². The van der Waals surface area contributed by atoms with Crippen molar-refractivity contribution < 1.29 is 24.0 Å². The van der Waals surface area contributed by atoms with E-state index in [0.717, 1.165) is 11.1 Å². The summed E-state index contributed by atoms with van der Waals surface area (Å²) >= 11 is 5.72. The van der Waals surface area contributed by atoms with Crippen LogP contribution >= 0.6 is 11.6 Å². The smallest absolute Gasteiger partial charge is 0.355 e. The Balaban J connectivity index is 1.61. The van der Waals surface area contributed by atoms with E-state index >= 15 is 0 Å². The minimum atomic E-state index is -0.833. The van der Waals surface area contributed by atoms with Crippen molar-refractivity contribution in [1.82, 2.24) is 0 Å². The fraction of sp³-hybridized carbons (Fsp3) is 0.158. The fourth-order valence-corrected chi connectivity index (χ4v) is 2.80. The van der Waals surface area contributed by atoms with E-state index in [1.165, 1.54) is 12.1 Å². The third-order valence-electron chi connectivity index (χ3n) is 4.03. The highest BCUT2D eigenvalue weighted by atomic mass is 35.5. The summed E-state index contributed by atoms with van der Waals surface area (Å²) in [7, 11) is 0. The SMILES string of the molecule is O=C(COC(=O)C1=NN(c2ccccc2)C(=O)CC1)Nc1ccc(Cl)c([N+](=O)[O-])c1. The topological polar surface area (TPSA) is 131 Å². The molecule has 0 bridgehead atoms. The Hall–Kier alpha value is -3.79. The summed E-state index contributed by atoms with van der Waals surface area (Å²) in [5.74, 6) is -1.80. The van der Waals surface area contributed by atoms with Crippen molar-refractivity contribution in [2.45, 2.75) is 12.8 Å². The normalized spacial score (nSPS) is 13.4. The molecule has 0 saturated carbocycles. The van der Waals surface area contributed by atoms with Gasteiger partial charge in [-0.1, -0.05) is 29.8 Å². The van der Waals surface area contributed by atoms with Gasteiger partial charge >= 0.3 is 5.97 Å². The first-order valence-electron chi connectivity index (χ1n) is 8.71. The van der Waals surface area contributed by atoms with Gasteiger partial charge in [-0.2, -0.15) is 5.10 Å². The first-order valence-corrected chi connectivity index (χ1v) is 9.09. The van der Waals surface area contributed by atoms with Crippen molar-refractivity contribution in [3.05, 3.63) is 63.7 Å². The van der Waals surface area contributed by atoms with Crippen molar-refractivity contribution in [3.63, 3.8) is 0 Å². The number of esters is 1. The molecule has 3 rings (SSSR count). The van der Waals surface area contributed by atoms with Crippen LogP contribution in [-0.4, -0.2) is 35.0 Å². The Morgan fingerprint density at radius 3 is 2.63 bits per heavy atom. The number of para-hydroxylation sites is 1. The molecular formula is C19H15ClN4O6. The van der Waals surface area contributed by atoms with E-state index in [9.17, 15) is 24.5 Å². The molecule has 0 aromatic heterocycles. The van der Waals surface area contributed by atoms with Gasteiger partial charge in [-0.15, -0.1) is 0 Å². The highest BCUT2D eigenvalue weighted by Gasteiger charge is 2.26. The van der Waals surface area contributed by atoms with E-state index in [1.807, 2.05) is 0 Å². The molecule has 0 unspecified atom stereocenters. The lowest BCUT2D eigenvalue weighted by Gasteiger charge is -2.22. The standard InChI is InChI=1S/C19H15ClN4O6/c20-14-7-6-12(10-16(14)24(28)29)21-17(25)11-30-19(27)15-8-9-18(26)23(22-15)13-4-2-1-3-5-13/h1-7,10H,8-9,11H2,(H,21,25). The van der Waals surface area contributed by atoms with Gasteiger partial charge in [0.15, 0.2) is 6.61 Å². The summed E-state index contributed by atoms with van der Waals surface area (Å²) < 4.78 is 4.96. The molecule has 10 nitrogen and oxygen atoms in total. The second kappa shape index (κ2) is 9.14. The highest BCUT2D eigenvalue weighted by Crippen LogP contribution is 2.27. The number of amides is 2. The maximum absolute atomic E-state index is 12.2. The second-order valence-corrected chi connectivity index (χ2v) is 6.54. The Kier molecular flexibility index (Phi) is 6.38.